The Balaban J connectivity index is 1.10. The molecule has 2 aromatic heterocycles. The normalized spacial score (nSPS) is 19.3. The molecular weight excluding hydrogens is 773 g/mol. The van der Waals surface area contributed by atoms with E-state index in [1.54, 1.807) is 0 Å². The number of fused-ring (bicyclic) bond motifs is 15. The number of rotatable bonds is 4. The zero-order valence-corrected chi connectivity index (χ0v) is 34.3. The molecule has 0 radical (unpaired) electrons. The summed E-state index contributed by atoms with van der Waals surface area (Å²) in [5.74, 6) is 3.19. The van der Waals surface area contributed by atoms with Crippen molar-refractivity contribution >= 4 is 62.6 Å². The van der Waals surface area contributed by atoms with Gasteiger partial charge in [-0.05, 0) is 94.4 Å². The fourth-order valence-electron chi connectivity index (χ4n) is 10.7. The van der Waals surface area contributed by atoms with Crippen LogP contribution in [0, 0.1) is 5.92 Å². The minimum atomic E-state index is -0.305. The quantitative estimate of drug-likeness (QED) is 0.174. The summed E-state index contributed by atoms with van der Waals surface area (Å²) in [4.78, 5) is 31.2. The van der Waals surface area contributed by atoms with E-state index in [0.717, 1.165) is 85.7 Å². The minimum absolute atomic E-state index is 0.00586. The van der Waals surface area contributed by atoms with Gasteiger partial charge in [0.15, 0.2) is 23.3 Å². The van der Waals surface area contributed by atoms with Gasteiger partial charge in [0.1, 0.15) is 12.3 Å². The number of anilines is 8. The van der Waals surface area contributed by atoms with Crippen LogP contribution in [-0.2, 0) is 0 Å². The molecule has 7 aromatic carbocycles. The molecule has 4 atom stereocenters. The lowest BCUT2D eigenvalue weighted by atomic mass is 9.71. The number of hydrogen-bond donors (Lipinski definition) is 0. The number of hydrogen-bond acceptors (Lipinski definition) is 8. The van der Waals surface area contributed by atoms with Crippen molar-refractivity contribution in [1.82, 2.24) is 19.9 Å². The number of nitrogens with zero attached hydrogens (tertiary/aromatic N) is 8. The van der Waals surface area contributed by atoms with Gasteiger partial charge in [-0.2, -0.15) is 0 Å². The summed E-state index contributed by atoms with van der Waals surface area (Å²) in [6.07, 6.45) is 3.82. The zero-order valence-electron chi connectivity index (χ0n) is 34.3. The van der Waals surface area contributed by atoms with Crippen LogP contribution in [0.25, 0.3) is 38.9 Å². The molecule has 0 fully saturated rings. The Hall–Kier alpha value is -8.10. The zero-order chi connectivity index (χ0) is 41.6. The van der Waals surface area contributed by atoms with Gasteiger partial charge in [-0.3, -0.25) is 0 Å². The molecule has 9 aromatic rings. The second-order valence-corrected chi connectivity index (χ2v) is 16.8. The smallest absolute Gasteiger partial charge is 0.179 e. The van der Waals surface area contributed by atoms with E-state index in [9.17, 15) is 0 Å². The van der Waals surface area contributed by atoms with Crippen LogP contribution in [0.2, 0.25) is 0 Å². The predicted octanol–water partition coefficient (Wildman–Crippen LogP) is 12.8. The maximum Gasteiger partial charge on any atom is 0.179 e. The molecule has 4 unspecified atom stereocenters. The predicted molar refractivity (Wildman–Crippen MR) is 254 cm³/mol. The summed E-state index contributed by atoms with van der Waals surface area (Å²) in [5.41, 5.74) is 14.1. The third kappa shape index (κ3) is 5.40. The highest BCUT2D eigenvalue weighted by Crippen LogP contribution is 2.62. The van der Waals surface area contributed by atoms with Gasteiger partial charge >= 0.3 is 0 Å². The first-order valence-electron chi connectivity index (χ1n) is 21.6. The molecule has 0 bridgehead atoms. The van der Waals surface area contributed by atoms with Gasteiger partial charge in [0.05, 0.1) is 16.7 Å². The average Bonchev–Trinajstić information content (AvgIpc) is 3.86. The van der Waals surface area contributed by atoms with Crippen LogP contribution in [-0.4, -0.2) is 32.3 Å². The number of allylic oxidation sites excluding steroid dienone is 1. The molecule has 4 aliphatic rings. The van der Waals surface area contributed by atoms with Gasteiger partial charge in [0.2, 0.25) is 0 Å². The van der Waals surface area contributed by atoms with Crippen molar-refractivity contribution in [2.24, 2.45) is 5.92 Å². The van der Waals surface area contributed by atoms with Crippen molar-refractivity contribution < 1.29 is 0 Å². The highest BCUT2D eigenvalue weighted by atomic mass is 15.5. The van der Waals surface area contributed by atoms with E-state index in [0.29, 0.717) is 0 Å². The van der Waals surface area contributed by atoms with E-state index in [4.69, 9.17) is 26.5 Å². The minimum Gasteiger partial charge on any atom is -0.301 e. The third-order valence-electron chi connectivity index (χ3n) is 13.4. The lowest BCUT2D eigenvalue weighted by Crippen LogP contribution is -2.60. The largest absolute Gasteiger partial charge is 0.301 e. The van der Waals surface area contributed by atoms with Crippen molar-refractivity contribution in [1.29, 1.82) is 0 Å². The van der Waals surface area contributed by atoms with Crippen LogP contribution in [0.4, 0.5) is 46.0 Å². The van der Waals surface area contributed by atoms with E-state index >= 15 is 0 Å². The lowest BCUT2D eigenvalue weighted by Gasteiger charge is -2.52. The van der Waals surface area contributed by atoms with Crippen molar-refractivity contribution in [2.45, 2.75) is 24.7 Å². The highest BCUT2D eigenvalue weighted by molar-refractivity contribution is 5.94. The van der Waals surface area contributed by atoms with Crippen molar-refractivity contribution in [2.75, 3.05) is 19.6 Å². The lowest BCUT2D eigenvalue weighted by molar-refractivity contribution is 0.289. The molecule has 6 heterocycles. The summed E-state index contributed by atoms with van der Waals surface area (Å²) in [6.45, 7) is 4.95. The first kappa shape index (κ1) is 35.6. The number of aromatic nitrogens is 4. The molecule has 0 saturated carbocycles. The van der Waals surface area contributed by atoms with Gasteiger partial charge in [0, 0.05) is 46.9 Å². The van der Waals surface area contributed by atoms with Gasteiger partial charge in [-0.25, -0.2) is 19.9 Å². The van der Waals surface area contributed by atoms with E-state index < -0.39 is 0 Å². The molecule has 8 heteroatoms. The monoisotopic (exact) mass is 812 g/mol. The molecule has 300 valence electrons. The molecule has 0 aliphatic carbocycles. The number of para-hydroxylation sites is 4. The molecule has 8 nitrogen and oxygen atoms in total. The summed E-state index contributed by atoms with van der Waals surface area (Å²) in [6, 6.07) is 64.9. The molecule has 63 heavy (non-hydrogen) atoms. The Kier molecular flexibility index (Phi) is 7.90. The standard InChI is InChI=1S/C55H40N8/c1-35-33-44-42-21-11-14-24-47(42)63-53-52(58-45-22-12-13-23-46(45)59-53)61(40-19-9-4-10-20-40)55(63)49(44)54-60(41-28-25-38(26-29-41)36-15-5-2-6-16-36)50-51(57-32-31-56-50)62(54)48-30-27-39(34-43(35)48)37-17-7-3-8-18-37/h2-32,34,44,49,54-55H,1,33H2. The molecule has 0 N–H and O–H groups in total. The number of benzene rings is 7. The Bertz CT molecular complexity index is 3230. The van der Waals surface area contributed by atoms with Crippen molar-refractivity contribution in [3.63, 3.8) is 0 Å². The van der Waals surface area contributed by atoms with Gasteiger partial charge in [0.25, 0.3) is 0 Å². The van der Waals surface area contributed by atoms with Gasteiger partial charge in [-0.1, -0.05) is 134 Å². The first-order valence-corrected chi connectivity index (χ1v) is 21.6. The van der Waals surface area contributed by atoms with Gasteiger partial charge in [-0.15, -0.1) is 0 Å². The molecule has 0 saturated heterocycles. The van der Waals surface area contributed by atoms with E-state index in [-0.39, 0.29) is 24.2 Å². The Morgan fingerprint density at radius 3 is 1.60 bits per heavy atom. The fraction of sp³-hybridized carbons (Fsp3) is 0.0909. The Morgan fingerprint density at radius 2 is 0.921 bits per heavy atom. The van der Waals surface area contributed by atoms with Gasteiger partial charge < -0.3 is 19.6 Å². The SMILES string of the molecule is C=C1CC2c3ccccc3N3c4nc5ccccc5nc4N(c4ccccc4)C3C2C2N(c3ccc(-c4ccccc4)cc3)c3nccnc3N2c2ccc(-c3ccccc3)cc21. The van der Waals surface area contributed by atoms with Crippen LogP contribution < -0.4 is 19.6 Å². The summed E-state index contributed by atoms with van der Waals surface area (Å²) >= 11 is 0. The Labute approximate surface area is 365 Å². The van der Waals surface area contributed by atoms with Crippen LogP contribution in [0.5, 0.6) is 0 Å². The second-order valence-electron chi connectivity index (χ2n) is 16.8. The summed E-state index contributed by atoms with van der Waals surface area (Å²) in [7, 11) is 0. The molecule has 13 rings (SSSR count). The maximum absolute atomic E-state index is 5.48. The second kappa shape index (κ2) is 14.0. The van der Waals surface area contributed by atoms with Crippen molar-refractivity contribution in [3.8, 4) is 22.3 Å². The molecule has 0 amide bonds. The topological polar surface area (TPSA) is 64.5 Å². The summed E-state index contributed by atoms with van der Waals surface area (Å²) in [5, 5.41) is 0. The van der Waals surface area contributed by atoms with Crippen LogP contribution in [0.3, 0.4) is 0 Å². The average molecular weight is 813 g/mol. The van der Waals surface area contributed by atoms with Crippen LogP contribution in [0.15, 0.2) is 201 Å². The van der Waals surface area contributed by atoms with E-state index in [1.165, 1.54) is 16.7 Å². The first-order chi connectivity index (χ1) is 31.2. The third-order valence-corrected chi connectivity index (χ3v) is 13.4. The maximum atomic E-state index is 5.48. The highest BCUT2D eigenvalue weighted by Gasteiger charge is 2.59. The van der Waals surface area contributed by atoms with Crippen LogP contribution in [0.1, 0.15) is 23.5 Å². The molecule has 4 aliphatic heterocycles. The Morgan fingerprint density at radius 1 is 0.429 bits per heavy atom. The van der Waals surface area contributed by atoms with Crippen molar-refractivity contribution in [3.05, 3.63) is 212 Å². The summed E-state index contributed by atoms with van der Waals surface area (Å²) < 4.78 is 0. The van der Waals surface area contributed by atoms with E-state index in [2.05, 4.69) is 189 Å². The fourth-order valence-corrected chi connectivity index (χ4v) is 10.7. The molecular formula is C55H40N8. The molecule has 0 spiro atoms. The van der Waals surface area contributed by atoms with E-state index in [1.807, 2.05) is 24.5 Å². The van der Waals surface area contributed by atoms with Crippen LogP contribution >= 0.6 is 0 Å².